The summed E-state index contributed by atoms with van der Waals surface area (Å²) in [5, 5.41) is 1.21. The molecule has 1 atom stereocenters. The summed E-state index contributed by atoms with van der Waals surface area (Å²) in [7, 11) is 4.03. The first-order valence-electron chi connectivity index (χ1n) is 9.97. The van der Waals surface area contributed by atoms with Crippen molar-refractivity contribution in [3.8, 4) is 5.75 Å². The third-order valence-electron chi connectivity index (χ3n) is 5.83. The van der Waals surface area contributed by atoms with Crippen molar-refractivity contribution in [3.05, 3.63) is 64.9 Å². The summed E-state index contributed by atoms with van der Waals surface area (Å²) in [6.07, 6.45) is 4.73. The molecule has 4 rings (SSSR count). The highest BCUT2D eigenvalue weighted by Crippen LogP contribution is 2.36. The van der Waals surface area contributed by atoms with Gasteiger partial charge >= 0.3 is 0 Å². The fourth-order valence-electron chi connectivity index (χ4n) is 4.46. The van der Waals surface area contributed by atoms with Crippen LogP contribution in [0.15, 0.2) is 46.9 Å². The van der Waals surface area contributed by atoms with Crippen LogP contribution in [0.3, 0.4) is 0 Å². The van der Waals surface area contributed by atoms with E-state index in [-0.39, 0.29) is 0 Å². The molecule has 1 heterocycles. The van der Waals surface area contributed by atoms with Gasteiger partial charge in [-0.1, -0.05) is 18.2 Å². The monoisotopic (exact) mass is 363 g/mol. The molecule has 0 amide bonds. The zero-order valence-corrected chi connectivity index (χ0v) is 16.6. The third-order valence-corrected chi connectivity index (χ3v) is 5.83. The smallest absolute Gasteiger partial charge is 0.134 e. The number of nitrogens with zero attached hydrogens (tertiary/aromatic N) is 1. The Bertz CT molecular complexity index is 927. The van der Waals surface area contributed by atoms with Crippen molar-refractivity contribution in [2.75, 3.05) is 27.2 Å². The number of hydrogen-bond donors (Lipinski definition) is 0. The molecule has 0 bridgehead atoms. The van der Waals surface area contributed by atoms with E-state index in [0.717, 1.165) is 43.0 Å². The zero-order chi connectivity index (χ0) is 18.8. The summed E-state index contributed by atoms with van der Waals surface area (Å²) in [5.41, 5.74) is 5.27. The Morgan fingerprint density at radius 2 is 2.07 bits per heavy atom. The van der Waals surface area contributed by atoms with Gasteiger partial charge in [0.2, 0.25) is 0 Å². The largest absolute Gasteiger partial charge is 0.496 e. The van der Waals surface area contributed by atoms with Gasteiger partial charge in [-0.15, -0.1) is 0 Å². The molecular formula is C24H29NO2. The number of furan rings is 1. The molecule has 0 fully saturated rings. The van der Waals surface area contributed by atoms with E-state index in [9.17, 15) is 0 Å². The molecule has 3 aromatic rings. The molecule has 0 radical (unpaired) electrons. The maximum Gasteiger partial charge on any atom is 0.134 e. The van der Waals surface area contributed by atoms with Crippen LogP contribution in [-0.2, 0) is 12.8 Å². The number of benzene rings is 2. The average molecular weight is 364 g/mol. The maximum absolute atomic E-state index is 5.68. The summed E-state index contributed by atoms with van der Waals surface area (Å²) in [5.74, 6) is 2.64. The minimum atomic E-state index is 0.604. The van der Waals surface area contributed by atoms with Crippen LogP contribution >= 0.6 is 0 Å². The minimum absolute atomic E-state index is 0.604. The quantitative estimate of drug-likeness (QED) is 0.591. The lowest BCUT2D eigenvalue weighted by Gasteiger charge is -2.30. The average Bonchev–Trinajstić information content (AvgIpc) is 3.05. The van der Waals surface area contributed by atoms with Crippen molar-refractivity contribution in [2.45, 2.75) is 38.5 Å². The Balaban J connectivity index is 1.40. The van der Waals surface area contributed by atoms with E-state index in [2.05, 4.69) is 54.4 Å². The summed E-state index contributed by atoms with van der Waals surface area (Å²) < 4.78 is 11.3. The van der Waals surface area contributed by atoms with Crippen LogP contribution in [0.25, 0.3) is 11.0 Å². The van der Waals surface area contributed by atoms with Crippen molar-refractivity contribution in [1.29, 1.82) is 0 Å². The van der Waals surface area contributed by atoms with Gasteiger partial charge in [0, 0.05) is 18.5 Å². The first kappa shape index (κ1) is 18.1. The second-order valence-electron chi connectivity index (χ2n) is 7.86. The number of aryl methyl sites for hydroxylation is 1. The molecule has 0 spiro atoms. The van der Waals surface area contributed by atoms with Crippen molar-refractivity contribution in [2.24, 2.45) is 0 Å². The molecule has 0 unspecified atom stereocenters. The van der Waals surface area contributed by atoms with E-state index >= 15 is 0 Å². The van der Waals surface area contributed by atoms with E-state index in [1.165, 1.54) is 34.9 Å². The molecular weight excluding hydrogens is 334 g/mol. The second kappa shape index (κ2) is 7.77. The van der Waals surface area contributed by atoms with Gasteiger partial charge in [-0.05, 0) is 86.5 Å². The SMILES string of the molecule is COc1cccc2c1CCC[C@H]2CN(C)CCc1ccc2oc(C)cc2c1. The Hall–Kier alpha value is -2.26. The molecule has 2 aromatic carbocycles. The normalized spacial score (nSPS) is 16.7. The Morgan fingerprint density at radius 1 is 1.19 bits per heavy atom. The van der Waals surface area contributed by atoms with Gasteiger partial charge in [0.25, 0.3) is 0 Å². The van der Waals surface area contributed by atoms with Gasteiger partial charge in [-0.3, -0.25) is 0 Å². The van der Waals surface area contributed by atoms with Gasteiger partial charge < -0.3 is 14.1 Å². The van der Waals surface area contributed by atoms with Gasteiger partial charge in [-0.25, -0.2) is 0 Å². The van der Waals surface area contributed by atoms with Crippen LogP contribution in [0.5, 0.6) is 5.75 Å². The van der Waals surface area contributed by atoms with Crippen molar-refractivity contribution in [3.63, 3.8) is 0 Å². The molecule has 0 saturated heterocycles. The maximum atomic E-state index is 5.68. The summed E-state index contributed by atoms with van der Waals surface area (Å²) >= 11 is 0. The summed E-state index contributed by atoms with van der Waals surface area (Å²) in [6, 6.07) is 15.2. The molecule has 142 valence electrons. The minimum Gasteiger partial charge on any atom is -0.496 e. The number of ether oxygens (including phenoxy) is 1. The molecule has 1 aromatic heterocycles. The molecule has 1 aliphatic carbocycles. The van der Waals surface area contributed by atoms with E-state index in [1.807, 2.05) is 6.92 Å². The standard InChI is InChI=1S/C24H29NO2/c1-17-14-20-15-18(10-11-23(20)27-17)12-13-25(2)16-19-6-4-8-22-21(19)7-5-9-24(22)26-3/h5,7,9-11,14-15,19H,4,6,8,12-13,16H2,1-3H3/t19-/m0/s1. The number of rotatable bonds is 6. The number of fused-ring (bicyclic) bond motifs is 2. The highest BCUT2D eigenvalue weighted by Gasteiger charge is 2.23. The summed E-state index contributed by atoms with van der Waals surface area (Å²) in [6.45, 7) is 4.18. The van der Waals surface area contributed by atoms with Gasteiger partial charge in [-0.2, -0.15) is 0 Å². The first-order chi connectivity index (χ1) is 13.1. The van der Waals surface area contributed by atoms with Crippen LogP contribution in [-0.4, -0.2) is 32.1 Å². The fraction of sp³-hybridized carbons (Fsp3) is 0.417. The van der Waals surface area contributed by atoms with Crippen molar-refractivity contribution in [1.82, 2.24) is 4.90 Å². The predicted molar refractivity (Wildman–Crippen MR) is 111 cm³/mol. The van der Waals surface area contributed by atoms with Gasteiger partial charge in [0.15, 0.2) is 0 Å². The molecule has 0 saturated carbocycles. The van der Waals surface area contributed by atoms with Crippen LogP contribution in [0.2, 0.25) is 0 Å². The van der Waals surface area contributed by atoms with Crippen LogP contribution < -0.4 is 4.74 Å². The second-order valence-corrected chi connectivity index (χ2v) is 7.86. The van der Waals surface area contributed by atoms with E-state index in [4.69, 9.17) is 9.15 Å². The highest BCUT2D eigenvalue weighted by molar-refractivity contribution is 5.78. The fourth-order valence-corrected chi connectivity index (χ4v) is 4.46. The molecule has 3 heteroatoms. The van der Waals surface area contributed by atoms with E-state index in [0.29, 0.717) is 5.92 Å². The third kappa shape index (κ3) is 3.89. The highest BCUT2D eigenvalue weighted by atomic mass is 16.5. The van der Waals surface area contributed by atoms with Gasteiger partial charge in [0.05, 0.1) is 7.11 Å². The van der Waals surface area contributed by atoms with Crippen molar-refractivity contribution < 1.29 is 9.15 Å². The molecule has 1 aliphatic rings. The number of hydrogen-bond acceptors (Lipinski definition) is 3. The summed E-state index contributed by atoms with van der Waals surface area (Å²) in [4.78, 5) is 2.48. The lowest BCUT2D eigenvalue weighted by molar-refractivity contribution is 0.299. The lowest BCUT2D eigenvalue weighted by atomic mass is 9.82. The Morgan fingerprint density at radius 3 is 2.93 bits per heavy atom. The van der Waals surface area contributed by atoms with E-state index in [1.54, 1.807) is 7.11 Å². The molecule has 3 nitrogen and oxygen atoms in total. The lowest BCUT2D eigenvalue weighted by Crippen LogP contribution is -2.28. The topological polar surface area (TPSA) is 25.6 Å². The Kier molecular flexibility index (Phi) is 5.22. The molecule has 0 aliphatic heterocycles. The molecule has 27 heavy (non-hydrogen) atoms. The predicted octanol–water partition coefficient (Wildman–Crippen LogP) is 5.34. The van der Waals surface area contributed by atoms with Crippen LogP contribution in [0.1, 0.15) is 41.2 Å². The van der Waals surface area contributed by atoms with Crippen molar-refractivity contribution >= 4 is 11.0 Å². The molecule has 0 N–H and O–H groups in total. The Labute approximate surface area is 161 Å². The first-order valence-corrected chi connectivity index (χ1v) is 9.97. The van der Waals surface area contributed by atoms with E-state index < -0.39 is 0 Å². The van der Waals surface area contributed by atoms with Gasteiger partial charge in [0.1, 0.15) is 17.1 Å². The number of methoxy groups -OCH3 is 1. The van der Waals surface area contributed by atoms with Crippen LogP contribution in [0, 0.1) is 6.92 Å². The number of likely N-dealkylation sites (N-methyl/N-ethyl adjacent to an activating group) is 1. The van der Waals surface area contributed by atoms with Crippen LogP contribution in [0.4, 0.5) is 0 Å². The zero-order valence-electron chi connectivity index (χ0n) is 16.6.